The molecule has 0 aliphatic carbocycles. The Morgan fingerprint density at radius 3 is 1.94 bits per heavy atom. The molecule has 0 radical (unpaired) electrons. The number of likely N-dealkylation sites (N-methyl/N-ethyl adjacent to an activating group) is 1. The molecule has 0 saturated carbocycles. The lowest BCUT2D eigenvalue weighted by molar-refractivity contribution is -0.892. The molecule has 0 bridgehead atoms. The molecule has 196 valence electrons. The van der Waals surface area contributed by atoms with Crippen LogP contribution in [0.4, 0.5) is 0 Å². The average Bonchev–Trinajstić information content (AvgIpc) is 2.97. The predicted molar refractivity (Wildman–Crippen MR) is 132 cm³/mol. The van der Waals surface area contributed by atoms with E-state index in [1.807, 2.05) is 7.05 Å². The van der Waals surface area contributed by atoms with Gasteiger partial charge in [0, 0.05) is 24.1 Å². The Bertz CT molecular complexity index is 688. The third kappa shape index (κ3) is 15.1. The molecule has 1 aliphatic rings. The maximum Gasteiger partial charge on any atom is 0.275 e. The molecule has 1 heterocycles. The minimum atomic E-state index is -4.20. The fraction of sp³-hybridized carbons (Fsp3) is 0.957. The molecule has 0 aromatic rings. The third-order valence-electron chi connectivity index (χ3n) is 6.67. The highest BCUT2D eigenvalue weighted by Gasteiger charge is 2.45. The van der Waals surface area contributed by atoms with Gasteiger partial charge in [0.15, 0.2) is 6.54 Å². The van der Waals surface area contributed by atoms with E-state index in [9.17, 15) is 26.5 Å². The Labute approximate surface area is 203 Å². The summed E-state index contributed by atoms with van der Waals surface area (Å²) in [7, 11) is -2.36. The second-order valence-corrected chi connectivity index (χ2v) is 12.6. The highest BCUT2D eigenvalue weighted by atomic mass is 32.2. The predicted octanol–water partition coefficient (Wildman–Crippen LogP) is 3.26. The number of quaternary nitrogens is 1. The second kappa shape index (κ2) is 16.2. The fourth-order valence-corrected chi connectivity index (χ4v) is 6.70. The minimum Gasteiger partial charge on any atom is -0.772 e. The molecule has 4 unspecified atom stereocenters. The number of nitrogens with one attached hydrogen (secondary N) is 1. The Morgan fingerprint density at radius 1 is 0.970 bits per heavy atom. The molecule has 1 saturated heterocycles. The Morgan fingerprint density at radius 2 is 1.45 bits per heavy atom. The van der Waals surface area contributed by atoms with Crippen LogP contribution in [0.5, 0.6) is 0 Å². The van der Waals surface area contributed by atoms with Crippen LogP contribution in [0, 0.1) is 11.8 Å². The van der Waals surface area contributed by atoms with Crippen molar-refractivity contribution in [1.29, 1.82) is 0 Å². The first-order chi connectivity index (χ1) is 15.5. The molecule has 1 fully saturated rings. The van der Waals surface area contributed by atoms with Gasteiger partial charge in [-0.1, -0.05) is 88.6 Å². The van der Waals surface area contributed by atoms with E-state index in [1.54, 1.807) is 0 Å². The standard InChI is InChI=1S/C23H46N2O6S2/c1-3-4-5-6-7-8-9-10-11-12-13-14-15-24-23(26)18-25(2)16-21(19-32(27)28)22(17-25)20-33(29,30)31/h21-22H,3-20H2,1-2H3,(H2-,24,26,27,28,29,30,31). The van der Waals surface area contributed by atoms with E-state index in [-0.39, 0.29) is 28.6 Å². The smallest absolute Gasteiger partial charge is 0.275 e. The molecular formula is C23H46N2O6S2. The molecule has 0 aromatic carbocycles. The number of carbonyl (C=O) groups is 1. The number of likely N-dealkylation sites (tertiary alicyclic amines) is 1. The van der Waals surface area contributed by atoms with E-state index in [4.69, 9.17) is 0 Å². The summed E-state index contributed by atoms with van der Waals surface area (Å²) in [5, 5.41) is 2.95. The zero-order valence-corrected chi connectivity index (χ0v) is 22.3. The lowest BCUT2D eigenvalue weighted by Crippen LogP contribution is -2.49. The number of hydrogen-bond acceptors (Lipinski definition) is 5. The van der Waals surface area contributed by atoms with Crippen molar-refractivity contribution in [3.8, 4) is 0 Å². The molecule has 10 heteroatoms. The van der Waals surface area contributed by atoms with E-state index in [2.05, 4.69) is 12.2 Å². The van der Waals surface area contributed by atoms with Gasteiger partial charge in [-0.25, -0.2) is 0 Å². The van der Waals surface area contributed by atoms with Crippen molar-refractivity contribution in [3.63, 3.8) is 0 Å². The summed E-state index contributed by atoms with van der Waals surface area (Å²) in [4.78, 5) is 12.4. The first kappa shape index (κ1) is 30.5. The lowest BCUT2D eigenvalue weighted by Gasteiger charge is -2.29. The van der Waals surface area contributed by atoms with E-state index >= 15 is 0 Å². The van der Waals surface area contributed by atoms with Crippen molar-refractivity contribution in [2.75, 3.05) is 44.7 Å². The van der Waals surface area contributed by atoms with Crippen molar-refractivity contribution >= 4 is 27.1 Å². The van der Waals surface area contributed by atoms with Crippen LogP contribution in [-0.2, 0) is 26.0 Å². The number of hydrogen-bond donors (Lipinski definition) is 2. The first-order valence-corrected chi connectivity index (χ1v) is 15.5. The molecule has 33 heavy (non-hydrogen) atoms. The van der Waals surface area contributed by atoms with Gasteiger partial charge in [-0.2, -0.15) is 8.42 Å². The van der Waals surface area contributed by atoms with Crippen molar-refractivity contribution in [3.05, 3.63) is 0 Å². The van der Waals surface area contributed by atoms with Crippen molar-refractivity contribution < 1.29 is 31.0 Å². The van der Waals surface area contributed by atoms with Gasteiger partial charge in [0.1, 0.15) is 0 Å². The second-order valence-electron chi connectivity index (χ2n) is 10.1. The highest BCUT2D eigenvalue weighted by molar-refractivity contribution is 7.85. The number of carbonyl (C=O) groups excluding carboxylic acids is 1. The highest BCUT2D eigenvalue weighted by Crippen LogP contribution is 2.30. The molecule has 1 aliphatic heterocycles. The molecule has 0 aromatic heterocycles. The van der Waals surface area contributed by atoms with Gasteiger partial charge in [-0.05, 0) is 6.42 Å². The summed E-state index contributed by atoms with van der Waals surface area (Å²) < 4.78 is 54.4. The maximum absolute atomic E-state index is 12.4. The van der Waals surface area contributed by atoms with Crippen LogP contribution < -0.4 is 5.32 Å². The van der Waals surface area contributed by atoms with Crippen molar-refractivity contribution in [1.82, 2.24) is 5.32 Å². The topological polar surface area (TPSA) is 124 Å². The third-order valence-corrected chi connectivity index (χ3v) is 8.22. The van der Waals surface area contributed by atoms with Crippen LogP contribution in [0.25, 0.3) is 0 Å². The Hall–Kier alpha value is -0.550. The summed E-state index contributed by atoms with van der Waals surface area (Å²) in [6, 6.07) is 0. The molecule has 0 spiro atoms. The summed E-state index contributed by atoms with van der Waals surface area (Å²) in [5.41, 5.74) is 0. The van der Waals surface area contributed by atoms with Gasteiger partial charge in [-0.3, -0.25) is 13.6 Å². The monoisotopic (exact) mass is 510 g/mol. The number of unbranched alkanes of at least 4 members (excludes halogenated alkanes) is 11. The molecule has 2 N–H and O–H groups in total. The Kier molecular flexibility index (Phi) is 14.9. The zero-order chi connectivity index (χ0) is 24.7. The van der Waals surface area contributed by atoms with Gasteiger partial charge in [-0.15, -0.1) is 0 Å². The van der Waals surface area contributed by atoms with Gasteiger partial charge >= 0.3 is 0 Å². The van der Waals surface area contributed by atoms with E-state index in [1.165, 1.54) is 64.2 Å². The van der Waals surface area contributed by atoms with Gasteiger partial charge in [0.25, 0.3) is 16.0 Å². The van der Waals surface area contributed by atoms with Crippen LogP contribution in [0.1, 0.15) is 84.0 Å². The Balaban J connectivity index is 2.19. The van der Waals surface area contributed by atoms with E-state index < -0.39 is 32.9 Å². The number of rotatable bonds is 19. The molecular weight excluding hydrogens is 464 g/mol. The van der Waals surface area contributed by atoms with Crippen LogP contribution in [0.15, 0.2) is 0 Å². The van der Waals surface area contributed by atoms with Crippen molar-refractivity contribution in [2.24, 2.45) is 11.8 Å². The molecule has 8 nitrogen and oxygen atoms in total. The lowest BCUT2D eigenvalue weighted by atomic mass is 10.0. The number of nitrogens with zero attached hydrogens (tertiary/aromatic N) is 1. The normalized spacial score (nSPS) is 24.1. The summed E-state index contributed by atoms with van der Waals surface area (Å²) >= 11 is -2.30. The summed E-state index contributed by atoms with van der Waals surface area (Å²) in [6.45, 7) is 3.80. The maximum atomic E-state index is 12.4. The van der Waals surface area contributed by atoms with Gasteiger partial charge in [0.05, 0.1) is 25.9 Å². The van der Waals surface area contributed by atoms with E-state index in [0.717, 1.165) is 12.8 Å². The van der Waals surface area contributed by atoms with Crippen LogP contribution in [0.2, 0.25) is 0 Å². The molecule has 4 atom stereocenters. The molecule has 1 amide bonds. The molecule has 1 rings (SSSR count). The van der Waals surface area contributed by atoms with Crippen LogP contribution in [0.3, 0.4) is 0 Å². The largest absolute Gasteiger partial charge is 0.772 e. The van der Waals surface area contributed by atoms with Crippen molar-refractivity contribution in [2.45, 2.75) is 84.0 Å². The summed E-state index contributed by atoms with van der Waals surface area (Å²) in [5.74, 6) is -1.60. The zero-order valence-electron chi connectivity index (χ0n) is 20.6. The van der Waals surface area contributed by atoms with Gasteiger partial charge < -0.3 is 14.4 Å². The van der Waals surface area contributed by atoms with Crippen LogP contribution in [-0.4, -0.2) is 76.9 Å². The number of amides is 1. The van der Waals surface area contributed by atoms with E-state index in [0.29, 0.717) is 19.6 Å². The SMILES string of the molecule is CCCCCCCCCCCCCCNC(=O)C[N+]1(C)CC(CS(=O)[O-])C(CS(=O)(=O)O)C1. The average molecular weight is 511 g/mol. The fourth-order valence-electron chi connectivity index (χ4n) is 5.05. The summed E-state index contributed by atoms with van der Waals surface area (Å²) in [6.07, 6.45) is 15.2. The quantitative estimate of drug-likeness (QED) is 0.119. The first-order valence-electron chi connectivity index (χ1n) is 12.7. The van der Waals surface area contributed by atoms with Gasteiger partial charge in [0.2, 0.25) is 0 Å². The minimum absolute atomic E-state index is 0.102. The van der Waals surface area contributed by atoms with Crippen LogP contribution >= 0.6 is 0 Å².